The Hall–Kier alpha value is -3.95. The van der Waals surface area contributed by atoms with Gasteiger partial charge in [-0.25, -0.2) is 16.8 Å². The van der Waals surface area contributed by atoms with E-state index in [-0.39, 0.29) is 29.1 Å². The molecule has 4 aromatic rings. The van der Waals surface area contributed by atoms with Gasteiger partial charge < -0.3 is 14.8 Å². The number of carbonyl (C=O) groups excluding carboxylic acids is 1. The zero-order valence-electron chi connectivity index (χ0n) is 21.3. The van der Waals surface area contributed by atoms with Gasteiger partial charge in [-0.15, -0.1) is 0 Å². The maximum Gasteiger partial charge on any atom is 0.268 e. The molecule has 1 fully saturated rings. The molecule has 1 amide bonds. The van der Waals surface area contributed by atoms with Crippen molar-refractivity contribution in [1.82, 2.24) is 9.29 Å². The van der Waals surface area contributed by atoms with Gasteiger partial charge in [0.05, 0.1) is 23.3 Å². The highest BCUT2D eigenvalue weighted by atomic mass is 32.2. The fraction of sp³-hybridized carbons (Fsp3) is 0.233. The van der Waals surface area contributed by atoms with Crippen molar-refractivity contribution in [3.05, 3.63) is 114 Å². The molecule has 1 N–H and O–H groups in total. The van der Waals surface area contributed by atoms with Crippen molar-refractivity contribution >= 4 is 26.8 Å². The molecule has 2 aliphatic heterocycles. The van der Waals surface area contributed by atoms with E-state index in [1.54, 1.807) is 36.7 Å². The van der Waals surface area contributed by atoms with Crippen molar-refractivity contribution in [2.45, 2.75) is 30.2 Å². The lowest BCUT2D eigenvalue weighted by Crippen LogP contribution is -2.22. The first-order valence-electron chi connectivity index (χ1n) is 12.8. The van der Waals surface area contributed by atoms with Gasteiger partial charge in [-0.3, -0.25) is 4.79 Å². The molecule has 3 heterocycles. The molecule has 9 heteroatoms. The molecule has 7 nitrogen and oxygen atoms in total. The van der Waals surface area contributed by atoms with Crippen LogP contribution in [0.15, 0.2) is 96.2 Å². The van der Waals surface area contributed by atoms with Crippen molar-refractivity contribution < 1.29 is 27.1 Å². The van der Waals surface area contributed by atoms with Crippen molar-refractivity contribution in [2.75, 3.05) is 19.8 Å². The number of para-hydroxylation sites is 1. The highest BCUT2D eigenvalue weighted by Gasteiger charge is 2.25. The topological polar surface area (TPSA) is 86.6 Å². The number of aromatic nitrogens is 1. The normalized spacial score (nSPS) is 16.5. The second-order valence-electron chi connectivity index (χ2n) is 9.32. The summed E-state index contributed by atoms with van der Waals surface area (Å²) in [5, 5.41) is 3.60. The predicted molar refractivity (Wildman–Crippen MR) is 146 cm³/mol. The molecule has 6 rings (SSSR count). The van der Waals surface area contributed by atoms with Gasteiger partial charge in [-0.2, -0.15) is 0 Å². The molecule has 0 spiro atoms. The molecule has 0 bridgehead atoms. The molecule has 39 heavy (non-hydrogen) atoms. The largest absolute Gasteiger partial charge is 0.501 e. The molecule has 3 aromatic carbocycles. The second kappa shape index (κ2) is 11.8. The molecule has 0 aliphatic carbocycles. The van der Waals surface area contributed by atoms with E-state index in [4.69, 9.17) is 9.47 Å². The number of rotatable bonds is 6. The van der Waals surface area contributed by atoms with Crippen LogP contribution in [0.4, 0.5) is 4.39 Å². The number of hydrogen-bond donors (Lipinski definition) is 1. The quantitative estimate of drug-likeness (QED) is 0.350. The van der Waals surface area contributed by atoms with Crippen LogP contribution in [0.3, 0.4) is 0 Å². The molecule has 1 unspecified atom stereocenters. The molecular weight excluding hydrogens is 519 g/mol. The first-order chi connectivity index (χ1) is 18.9. The third-order valence-electron chi connectivity index (χ3n) is 6.66. The summed E-state index contributed by atoms with van der Waals surface area (Å²) in [6, 6.07) is 19.0. The van der Waals surface area contributed by atoms with Gasteiger partial charge in [0, 0.05) is 42.8 Å². The van der Waals surface area contributed by atoms with Crippen LogP contribution in [0.2, 0.25) is 0 Å². The van der Waals surface area contributed by atoms with Crippen molar-refractivity contribution in [1.29, 1.82) is 0 Å². The van der Waals surface area contributed by atoms with E-state index in [9.17, 15) is 17.6 Å². The summed E-state index contributed by atoms with van der Waals surface area (Å²) < 4.78 is 51.5. The number of carbonyl (C=O) groups is 1. The Morgan fingerprint density at radius 1 is 0.974 bits per heavy atom. The smallest absolute Gasteiger partial charge is 0.268 e. The fourth-order valence-electron chi connectivity index (χ4n) is 4.52. The summed E-state index contributed by atoms with van der Waals surface area (Å²) in [6.45, 7) is 2.70. The van der Waals surface area contributed by atoms with Gasteiger partial charge in [0.25, 0.3) is 15.9 Å². The highest BCUT2D eigenvalue weighted by Crippen LogP contribution is 2.33. The van der Waals surface area contributed by atoms with Gasteiger partial charge >= 0.3 is 0 Å². The summed E-state index contributed by atoms with van der Waals surface area (Å²) in [5.41, 5.74) is 2.54. The first-order valence-corrected chi connectivity index (χ1v) is 14.2. The Morgan fingerprint density at radius 2 is 1.69 bits per heavy atom. The van der Waals surface area contributed by atoms with Crippen LogP contribution in [-0.2, 0) is 26.0 Å². The van der Waals surface area contributed by atoms with Gasteiger partial charge in [0.1, 0.15) is 5.82 Å². The lowest BCUT2D eigenvalue weighted by atomic mass is 10.0. The number of halogens is 1. The summed E-state index contributed by atoms with van der Waals surface area (Å²) in [4.78, 5) is 12.6. The van der Waals surface area contributed by atoms with Crippen LogP contribution in [-0.4, -0.2) is 38.1 Å². The molecule has 2 aliphatic rings. The van der Waals surface area contributed by atoms with Gasteiger partial charge in [0.2, 0.25) is 0 Å². The minimum Gasteiger partial charge on any atom is -0.501 e. The Kier molecular flexibility index (Phi) is 8.09. The third kappa shape index (κ3) is 6.05. The number of nitrogens with one attached hydrogen (secondary N) is 1. The average molecular weight is 549 g/mol. The van der Waals surface area contributed by atoms with E-state index in [0.29, 0.717) is 17.7 Å². The zero-order chi connectivity index (χ0) is 27.2. The van der Waals surface area contributed by atoms with Gasteiger partial charge in [0.15, 0.2) is 0 Å². The fourth-order valence-corrected chi connectivity index (χ4v) is 5.89. The summed E-state index contributed by atoms with van der Waals surface area (Å²) >= 11 is 0. The van der Waals surface area contributed by atoms with Crippen LogP contribution in [0.25, 0.3) is 10.9 Å². The van der Waals surface area contributed by atoms with E-state index >= 15 is 0 Å². The molecular formula is C30H29FN2O5S. The Balaban J connectivity index is 0.000000555. The van der Waals surface area contributed by atoms with E-state index in [0.717, 1.165) is 29.7 Å². The lowest BCUT2D eigenvalue weighted by Gasteiger charge is -2.09. The Labute approximate surface area is 226 Å². The van der Waals surface area contributed by atoms with Gasteiger partial charge in [-0.05, 0) is 72.5 Å². The van der Waals surface area contributed by atoms with E-state index < -0.39 is 10.0 Å². The summed E-state index contributed by atoms with van der Waals surface area (Å²) in [6.07, 6.45) is 7.75. The van der Waals surface area contributed by atoms with Crippen LogP contribution in [0.5, 0.6) is 0 Å². The number of benzene rings is 3. The third-order valence-corrected chi connectivity index (χ3v) is 8.35. The molecule has 0 saturated carbocycles. The highest BCUT2D eigenvalue weighted by molar-refractivity contribution is 7.90. The van der Waals surface area contributed by atoms with Crippen molar-refractivity contribution in [2.24, 2.45) is 0 Å². The van der Waals surface area contributed by atoms with E-state index in [1.165, 1.54) is 53.2 Å². The number of hydrogen-bond acceptors (Lipinski definition) is 5. The number of ether oxygens (including phenoxy) is 2. The minimum atomic E-state index is -3.89. The number of fused-ring (bicyclic) bond motifs is 1. The average Bonchev–Trinajstić information content (AvgIpc) is 3.75. The Bertz CT molecular complexity index is 1570. The van der Waals surface area contributed by atoms with Crippen LogP contribution >= 0.6 is 0 Å². The standard InChI is InChI=1S/C26H21FN2O4S.C4H8O/c27-21-9-5-18(6-10-21)15-28-26(30)19-7-11-22(12-8-19)34(31,32)29-16-24(20-13-14-33-17-20)23-3-1-2-4-25(23)29;1-2-4-5-3-1/h1-14,16,20H,15,17H2,(H,28,30);1-4H2. The van der Waals surface area contributed by atoms with E-state index in [1.807, 2.05) is 18.2 Å². The van der Waals surface area contributed by atoms with E-state index in [2.05, 4.69) is 5.32 Å². The van der Waals surface area contributed by atoms with Gasteiger partial charge in [-0.1, -0.05) is 30.3 Å². The maximum absolute atomic E-state index is 13.5. The van der Waals surface area contributed by atoms with Crippen molar-refractivity contribution in [3.8, 4) is 0 Å². The summed E-state index contributed by atoms with van der Waals surface area (Å²) in [5.74, 6) is -0.717. The lowest BCUT2D eigenvalue weighted by molar-refractivity contribution is 0.0951. The summed E-state index contributed by atoms with van der Waals surface area (Å²) in [7, 11) is -3.89. The van der Waals surface area contributed by atoms with Crippen LogP contribution in [0.1, 0.15) is 40.2 Å². The Morgan fingerprint density at radius 3 is 2.33 bits per heavy atom. The molecule has 1 saturated heterocycles. The molecule has 0 radical (unpaired) electrons. The number of nitrogens with zero attached hydrogens (tertiary/aromatic N) is 1. The monoisotopic (exact) mass is 548 g/mol. The predicted octanol–water partition coefficient (Wildman–Crippen LogP) is 5.37. The van der Waals surface area contributed by atoms with Crippen LogP contribution < -0.4 is 5.32 Å². The molecule has 202 valence electrons. The molecule has 1 aromatic heterocycles. The molecule has 1 atom stereocenters. The minimum absolute atomic E-state index is 0.0199. The first kappa shape index (κ1) is 26.6. The number of amides is 1. The second-order valence-corrected chi connectivity index (χ2v) is 11.1. The zero-order valence-corrected chi connectivity index (χ0v) is 22.1. The maximum atomic E-state index is 13.5. The SMILES string of the molecule is C1CCOC1.O=C(NCc1ccc(F)cc1)c1ccc(S(=O)(=O)n2cc(C3C=COC3)c3ccccc32)cc1. The van der Waals surface area contributed by atoms with Crippen molar-refractivity contribution in [3.63, 3.8) is 0 Å². The van der Waals surface area contributed by atoms with Crippen LogP contribution in [0, 0.1) is 5.82 Å².